The largest absolute Gasteiger partial charge is 0.344 e. The van der Waals surface area contributed by atoms with Crippen molar-refractivity contribution in [3.05, 3.63) is 47.2 Å². The topological polar surface area (TPSA) is 118 Å². The van der Waals surface area contributed by atoms with Crippen LogP contribution in [0.15, 0.2) is 41.4 Å². The highest BCUT2D eigenvalue weighted by Gasteiger charge is 2.15. The van der Waals surface area contributed by atoms with Crippen LogP contribution in [0.25, 0.3) is 22.2 Å². The predicted octanol–water partition coefficient (Wildman–Crippen LogP) is 2.63. The Bertz CT molecular complexity index is 1030. The van der Waals surface area contributed by atoms with Crippen LogP contribution in [0.2, 0.25) is 5.02 Å². The number of nitrogens with two attached hydrogens (primary N) is 1. The third-order valence-corrected chi connectivity index (χ3v) is 5.40. The van der Waals surface area contributed by atoms with Gasteiger partial charge in [-0.3, -0.25) is 0 Å². The van der Waals surface area contributed by atoms with E-state index in [0.29, 0.717) is 5.02 Å². The fourth-order valence-corrected chi connectivity index (χ4v) is 3.86. The molecule has 1 aromatic carbocycles. The molecule has 9 heteroatoms. The predicted molar refractivity (Wildman–Crippen MR) is 107 cm³/mol. The number of aldehydes is 1. The zero-order valence-corrected chi connectivity index (χ0v) is 16.6. The van der Waals surface area contributed by atoms with Gasteiger partial charge in [-0.1, -0.05) is 23.7 Å². The molecule has 0 unspecified atom stereocenters. The van der Waals surface area contributed by atoms with E-state index in [4.69, 9.17) is 22.1 Å². The van der Waals surface area contributed by atoms with Gasteiger partial charge in [0.25, 0.3) is 0 Å². The monoisotopic (exact) mass is 408 g/mol. The first kappa shape index (κ1) is 21.0. The van der Waals surface area contributed by atoms with Gasteiger partial charge in [0.2, 0.25) is 10.0 Å². The third-order valence-electron chi connectivity index (χ3n) is 3.64. The molecule has 2 heterocycles. The Balaban J connectivity index is 0.000000817. The van der Waals surface area contributed by atoms with E-state index in [1.165, 1.54) is 6.92 Å². The number of nitrogens with one attached hydrogen (secondary N) is 2. The van der Waals surface area contributed by atoms with Gasteiger partial charge in [-0.15, -0.1) is 0 Å². The van der Waals surface area contributed by atoms with Crippen molar-refractivity contribution in [2.75, 3.05) is 13.1 Å². The molecule has 0 spiro atoms. The van der Waals surface area contributed by atoms with Crippen molar-refractivity contribution in [1.82, 2.24) is 14.7 Å². The summed E-state index contributed by atoms with van der Waals surface area (Å²) in [6.07, 6.45) is 2.34. The summed E-state index contributed by atoms with van der Waals surface area (Å²) in [5.41, 5.74) is 8.70. The summed E-state index contributed by atoms with van der Waals surface area (Å²) in [6, 6.07) is 8.55. The number of carbonyl (C=O) groups is 1. The Kier molecular flexibility index (Phi) is 7.09. The third kappa shape index (κ3) is 4.92. The van der Waals surface area contributed by atoms with Crippen molar-refractivity contribution in [3.63, 3.8) is 0 Å². The van der Waals surface area contributed by atoms with E-state index < -0.39 is 10.0 Å². The second-order valence-corrected chi connectivity index (χ2v) is 7.82. The Morgan fingerprint density at radius 3 is 2.52 bits per heavy atom. The fraction of sp³-hybridized carbons (Fsp3) is 0.222. The summed E-state index contributed by atoms with van der Waals surface area (Å²) in [6.45, 7) is 3.83. The van der Waals surface area contributed by atoms with Crippen molar-refractivity contribution in [2.24, 2.45) is 5.73 Å². The number of aromatic amines is 1. The molecule has 0 aliphatic carbocycles. The molecule has 0 saturated carbocycles. The summed E-state index contributed by atoms with van der Waals surface area (Å²) in [5.74, 6) is 0. The molecule has 0 fully saturated rings. The summed E-state index contributed by atoms with van der Waals surface area (Å²) >= 11 is 6.32. The van der Waals surface area contributed by atoms with E-state index >= 15 is 0 Å². The summed E-state index contributed by atoms with van der Waals surface area (Å²) < 4.78 is 26.7. The minimum absolute atomic E-state index is 0.186. The van der Waals surface area contributed by atoms with E-state index in [0.717, 1.165) is 34.1 Å². The first-order valence-corrected chi connectivity index (χ1v) is 10.0. The summed E-state index contributed by atoms with van der Waals surface area (Å²) in [7, 11) is -3.55. The van der Waals surface area contributed by atoms with Crippen LogP contribution >= 0.6 is 11.6 Å². The van der Waals surface area contributed by atoms with Gasteiger partial charge in [-0.05, 0) is 37.6 Å². The van der Waals surface area contributed by atoms with Crippen molar-refractivity contribution in [1.29, 1.82) is 0 Å². The van der Waals surface area contributed by atoms with Gasteiger partial charge in [0.05, 0.1) is 9.92 Å². The lowest BCUT2D eigenvalue weighted by atomic mass is 10.0. The van der Waals surface area contributed by atoms with E-state index in [1.807, 2.05) is 13.0 Å². The van der Waals surface area contributed by atoms with E-state index in [1.54, 1.807) is 30.5 Å². The number of pyridine rings is 1. The van der Waals surface area contributed by atoms with Crippen LogP contribution in [0.3, 0.4) is 0 Å². The summed E-state index contributed by atoms with van der Waals surface area (Å²) in [5, 5.41) is 1.41. The number of hydrogen-bond acceptors (Lipinski definition) is 5. The first-order chi connectivity index (χ1) is 12.8. The normalized spacial score (nSPS) is 11.1. The first-order valence-electron chi connectivity index (χ1n) is 8.17. The molecule has 3 rings (SSSR count). The smallest absolute Gasteiger partial charge is 0.240 e. The molecule has 0 aliphatic heterocycles. The van der Waals surface area contributed by atoms with Gasteiger partial charge in [0.15, 0.2) is 0 Å². The van der Waals surface area contributed by atoms with Gasteiger partial charge in [0, 0.05) is 35.9 Å². The quantitative estimate of drug-likeness (QED) is 0.561. The minimum atomic E-state index is -3.55. The molecule has 27 heavy (non-hydrogen) atoms. The maximum atomic E-state index is 12.1. The molecule has 0 amide bonds. The van der Waals surface area contributed by atoms with Crippen molar-refractivity contribution < 1.29 is 13.2 Å². The lowest BCUT2D eigenvalue weighted by Gasteiger charge is -2.09. The van der Waals surface area contributed by atoms with Crippen LogP contribution in [0.5, 0.6) is 0 Å². The maximum Gasteiger partial charge on any atom is 0.240 e. The van der Waals surface area contributed by atoms with Crippen LogP contribution in [0.1, 0.15) is 12.6 Å². The number of rotatable bonds is 5. The average molecular weight is 409 g/mol. The fourth-order valence-electron chi connectivity index (χ4n) is 2.55. The van der Waals surface area contributed by atoms with E-state index in [9.17, 15) is 8.42 Å². The molecular weight excluding hydrogens is 388 g/mol. The maximum absolute atomic E-state index is 12.1. The van der Waals surface area contributed by atoms with Crippen molar-refractivity contribution in [3.8, 4) is 11.1 Å². The number of fused-ring (bicyclic) bond motifs is 1. The molecule has 0 saturated heterocycles. The molecule has 0 bridgehead atoms. The lowest BCUT2D eigenvalue weighted by molar-refractivity contribution is -0.106. The Hall–Kier alpha value is -2.26. The number of hydrogen-bond donors (Lipinski definition) is 3. The number of carbonyl (C=O) groups excluding carboxylic acids is 1. The number of aryl methyl sites for hydroxylation is 1. The summed E-state index contributed by atoms with van der Waals surface area (Å²) in [4.78, 5) is 16.4. The molecule has 7 nitrogen and oxygen atoms in total. The number of sulfonamides is 1. The second kappa shape index (κ2) is 9.09. The van der Waals surface area contributed by atoms with Crippen LogP contribution < -0.4 is 10.5 Å². The second-order valence-electron chi connectivity index (χ2n) is 5.64. The van der Waals surface area contributed by atoms with Gasteiger partial charge >= 0.3 is 0 Å². The number of H-pyrrole nitrogens is 1. The zero-order chi connectivity index (χ0) is 20.0. The molecule has 144 valence electrons. The number of benzene rings is 1. The minimum Gasteiger partial charge on any atom is -0.344 e. The van der Waals surface area contributed by atoms with Crippen LogP contribution in [0.4, 0.5) is 0 Å². The average Bonchev–Trinajstić information content (AvgIpc) is 3.01. The number of halogens is 1. The number of nitrogens with zero attached hydrogens (tertiary/aromatic N) is 1. The van der Waals surface area contributed by atoms with Crippen LogP contribution in [-0.2, 0) is 14.8 Å². The standard InChI is InChI=1S/C16H17ClN4O2S.C2H4O/c1-10-8-13-15(14(17)9-19-16(13)21-10)11-2-4-12(5-3-11)24(22,23)20-7-6-18;1-2-3/h2-5,8-9,20H,6-7,18H2,1H3,(H,19,21);2H,1H3. The SMILES string of the molecule is CC=O.Cc1cc2c(-c3ccc(S(=O)(=O)NCCN)cc3)c(Cl)cnc2[nH]1. The molecule has 0 aliphatic rings. The molecule has 4 N–H and O–H groups in total. The molecule has 3 aromatic rings. The van der Waals surface area contributed by atoms with Gasteiger partial charge in [0.1, 0.15) is 11.9 Å². The Morgan fingerprint density at radius 1 is 1.30 bits per heavy atom. The lowest BCUT2D eigenvalue weighted by Crippen LogP contribution is -2.29. The van der Waals surface area contributed by atoms with Crippen molar-refractivity contribution >= 4 is 38.9 Å². The van der Waals surface area contributed by atoms with E-state index in [2.05, 4.69) is 14.7 Å². The zero-order valence-electron chi connectivity index (χ0n) is 15.0. The molecule has 0 atom stereocenters. The van der Waals surface area contributed by atoms with Crippen LogP contribution in [0, 0.1) is 6.92 Å². The van der Waals surface area contributed by atoms with E-state index in [-0.39, 0.29) is 18.0 Å². The van der Waals surface area contributed by atoms with Crippen molar-refractivity contribution in [2.45, 2.75) is 18.7 Å². The van der Waals surface area contributed by atoms with Crippen LogP contribution in [-0.4, -0.2) is 37.8 Å². The van der Waals surface area contributed by atoms with Gasteiger partial charge in [-0.25, -0.2) is 18.1 Å². The highest BCUT2D eigenvalue weighted by Crippen LogP contribution is 2.34. The van der Waals surface area contributed by atoms with Gasteiger partial charge in [-0.2, -0.15) is 0 Å². The molecule has 2 aromatic heterocycles. The highest BCUT2D eigenvalue weighted by atomic mass is 35.5. The number of aromatic nitrogens is 2. The highest BCUT2D eigenvalue weighted by molar-refractivity contribution is 7.89. The Morgan fingerprint density at radius 2 is 1.93 bits per heavy atom. The molecule has 0 radical (unpaired) electrons. The van der Waals surface area contributed by atoms with Gasteiger partial charge < -0.3 is 15.5 Å². The Labute approximate surface area is 163 Å². The molecular formula is C18H21ClN4O3S.